The largest absolute Gasteiger partial charge is 0.352 e. The highest BCUT2D eigenvalue weighted by Crippen LogP contribution is 2.22. The molecule has 9 heteroatoms. The molecule has 0 aliphatic carbocycles. The van der Waals surface area contributed by atoms with Crippen molar-refractivity contribution in [3.05, 3.63) is 64.7 Å². The molecule has 2 atom stereocenters. The van der Waals surface area contributed by atoms with Crippen molar-refractivity contribution < 1.29 is 18.0 Å². The molecule has 180 valence electrons. The zero-order chi connectivity index (χ0) is 24.8. The first-order valence-corrected chi connectivity index (χ1v) is 13.0. The monoisotopic (exact) mass is 493 g/mol. The van der Waals surface area contributed by atoms with Crippen molar-refractivity contribution in [3.63, 3.8) is 0 Å². The normalized spacial score (nSPS) is 13.2. The van der Waals surface area contributed by atoms with Gasteiger partial charge in [0, 0.05) is 17.6 Å². The Labute approximate surface area is 201 Å². The number of nitrogens with zero attached hydrogens (tertiary/aromatic N) is 2. The standard InChI is InChI=1S/C24H32ClN3O4S/c1-6-18(3)26-24(30)19(4)27(15-20-9-7-8-10-22(20)25)23(29)16-28(33(5,31)32)21-13-11-17(2)12-14-21/h7-14,18-19H,6,15-16H2,1-5H3,(H,26,30)/t18-,19-/m1/s1. The molecule has 1 N–H and O–H groups in total. The van der Waals surface area contributed by atoms with E-state index < -0.39 is 28.5 Å². The maximum atomic E-state index is 13.5. The van der Waals surface area contributed by atoms with Crippen LogP contribution in [0.1, 0.15) is 38.3 Å². The Balaban J connectivity index is 2.39. The predicted molar refractivity (Wildman–Crippen MR) is 133 cm³/mol. The Kier molecular flexibility index (Phi) is 9.31. The van der Waals surface area contributed by atoms with E-state index in [1.165, 1.54) is 4.90 Å². The molecule has 0 fully saturated rings. The van der Waals surface area contributed by atoms with Crippen LogP contribution in [0.15, 0.2) is 48.5 Å². The van der Waals surface area contributed by atoms with Crippen LogP contribution in [0.3, 0.4) is 0 Å². The highest BCUT2D eigenvalue weighted by molar-refractivity contribution is 7.92. The number of anilines is 1. The number of halogens is 1. The lowest BCUT2D eigenvalue weighted by Gasteiger charge is -2.32. The van der Waals surface area contributed by atoms with Crippen molar-refractivity contribution in [2.45, 2.75) is 52.7 Å². The van der Waals surface area contributed by atoms with Crippen molar-refractivity contribution in [3.8, 4) is 0 Å². The number of carbonyl (C=O) groups excluding carboxylic acids is 2. The van der Waals surface area contributed by atoms with Crippen LogP contribution < -0.4 is 9.62 Å². The number of hydrogen-bond acceptors (Lipinski definition) is 4. The van der Waals surface area contributed by atoms with E-state index >= 15 is 0 Å². The molecule has 0 aliphatic rings. The number of benzene rings is 2. The lowest BCUT2D eigenvalue weighted by atomic mass is 10.1. The highest BCUT2D eigenvalue weighted by atomic mass is 35.5. The molecule has 0 saturated heterocycles. The molecule has 2 rings (SSSR count). The summed E-state index contributed by atoms with van der Waals surface area (Å²) in [5, 5.41) is 3.35. The van der Waals surface area contributed by atoms with E-state index in [1.807, 2.05) is 20.8 Å². The first kappa shape index (κ1) is 26.7. The fourth-order valence-corrected chi connectivity index (χ4v) is 4.23. The van der Waals surface area contributed by atoms with Gasteiger partial charge in [-0.2, -0.15) is 0 Å². The van der Waals surface area contributed by atoms with Gasteiger partial charge in [0.25, 0.3) is 0 Å². The Hall–Kier alpha value is -2.58. The van der Waals surface area contributed by atoms with E-state index in [0.29, 0.717) is 16.3 Å². The third kappa shape index (κ3) is 7.47. The quantitative estimate of drug-likeness (QED) is 0.546. The van der Waals surface area contributed by atoms with Gasteiger partial charge in [-0.05, 0) is 51.0 Å². The molecule has 0 aromatic heterocycles. The van der Waals surface area contributed by atoms with Gasteiger partial charge in [-0.15, -0.1) is 0 Å². The van der Waals surface area contributed by atoms with Gasteiger partial charge in [-0.25, -0.2) is 8.42 Å². The van der Waals surface area contributed by atoms with Crippen LogP contribution in [0.25, 0.3) is 0 Å². The van der Waals surface area contributed by atoms with Gasteiger partial charge in [0.15, 0.2) is 0 Å². The first-order chi connectivity index (χ1) is 15.4. The molecule has 0 spiro atoms. The molecule has 0 bridgehead atoms. The van der Waals surface area contributed by atoms with Gasteiger partial charge in [-0.1, -0.05) is 54.4 Å². The van der Waals surface area contributed by atoms with E-state index in [-0.39, 0.29) is 18.5 Å². The molecule has 2 amide bonds. The van der Waals surface area contributed by atoms with Crippen LogP contribution in [-0.2, 0) is 26.2 Å². The van der Waals surface area contributed by atoms with Gasteiger partial charge in [-0.3, -0.25) is 13.9 Å². The molecule has 7 nitrogen and oxygen atoms in total. The molecule has 2 aromatic rings. The molecule has 0 unspecified atom stereocenters. The molecular formula is C24H32ClN3O4S. The summed E-state index contributed by atoms with van der Waals surface area (Å²) in [6, 6.07) is 13.0. The van der Waals surface area contributed by atoms with Crippen LogP contribution in [0.4, 0.5) is 5.69 Å². The van der Waals surface area contributed by atoms with Crippen molar-refractivity contribution in [2.75, 3.05) is 17.1 Å². The van der Waals surface area contributed by atoms with Crippen LogP contribution >= 0.6 is 11.6 Å². The van der Waals surface area contributed by atoms with Gasteiger partial charge in [0.2, 0.25) is 21.8 Å². The molecule has 0 radical (unpaired) electrons. The second-order valence-corrected chi connectivity index (χ2v) is 10.5. The number of aryl methyl sites for hydroxylation is 1. The third-order valence-corrected chi connectivity index (χ3v) is 6.98. The minimum atomic E-state index is -3.75. The Morgan fingerprint density at radius 2 is 1.67 bits per heavy atom. The topological polar surface area (TPSA) is 86.8 Å². The van der Waals surface area contributed by atoms with E-state index in [0.717, 1.165) is 22.5 Å². The summed E-state index contributed by atoms with van der Waals surface area (Å²) in [5.74, 6) is -0.821. The predicted octanol–water partition coefficient (Wildman–Crippen LogP) is 3.75. The fourth-order valence-electron chi connectivity index (χ4n) is 3.18. The molecule has 0 saturated carbocycles. The van der Waals surface area contributed by atoms with Crippen LogP contribution in [0.5, 0.6) is 0 Å². The zero-order valence-electron chi connectivity index (χ0n) is 19.7. The van der Waals surface area contributed by atoms with Gasteiger partial charge in [0.05, 0.1) is 11.9 Å². The molecule has 2 aromatic carbocycles. The van der Waals surface area contributed by atoms with E-state index in [9.17, 15) is 18.0 Å². The molecule has 0 aliphatic heterocycles. The number of rotatable bonds is 10. The van der Waals surface area contributed by atoms with Crippen LogP contribution in [-0.4, -0.2) is 50.0 Å². The van der Waals surface area contributed by atoms with Crippen LogP contribution in [0.2, 0.25) is 5.02 Å². The maximum Gasteiger partial charge on any atom is 0.244 e. The number of carbonyl (C=O) groups is 2. The second kappa shape index (κ2) is 11.5. The van der Waals surface area contributed by atoms with Crippen molar-refractivity contribution in [2.24, 2.45) is 0 Å². The smallest absolute Gasteiger partial charge is 0.244 e. The molecular weight excluding hydrogens is 462 g/mol. The average Bonchev–Trinajstić information content (AvgIpc) is 2.76. The van der Waals surface area contributed by atoms with Gasteiger partial charge in [0.1, 0.15) is 12.6 Å². The number of sulfonamides is 1. The number of amides is 2. The van der Waals surface area contributed by atoms with Crippen molar-refractivity contribution >= 4 is 39.1 Å². The van der Waals surface area contributed by atoms with E-state index in [2.05, 4.69) is 5.32 Å². The SMILES string of the molecule is CC[C@@H](C)NC(=O)[C@@H](C)N(Cc1ccccc1Cl)C(=O)CN(c1ccc(C)cc1)S(C)(=O)=O. The lowest BCUT2D eigenvalue weighted by Crippen LogP contribution is -2.52. The summed E-state index contributed by atoms with van der Waals surface area (Å²) < 4.78 is 26.1. The Morgan fingerprint density at radius 1 is 1.06 bits per heavy atom. The van der Waals surface area contributed by atoms with Crippen molar-refractivity contribution in [1.29, 1.82) is 0 Å². The minimum Gasteiger partial charge on any atom is -0.352 e. The Bertz CT molecular complexity index is 1070. The summed E-state index contributed by atoms with van der Waals surface area (Å²) in [7, 11) is -3.75. The molecule has 0 heterocycles. The summed E-state index contributed by atoms with van der Waals surface area (Å²) in [6.45, 7) is 6.99. The number of nitrogens with one attached hydrogen (secondary N) is 1. The summed E-state index contributed by atoms with van der Waals surface area (Å²) in [6.07, 6.45) is 1.80. The lowest BCUT2D eigenvalue weighted by molar-refractivity contribution is -0.139. The fraction of sp³-hybridized carbons (Fsp3) is 0.417. The summed E-state index contributed by atoms with van der Waals surface area (Å²) >= 11 is 6.31. The van der Waals surface area contributed by atoms with Gasteiger partial charge >= 0.3 is 0 Å². The average molecular weight is 494 g/mol. The third-order valence-electron chi connectivity index (χ3n) is 5.47. The Morgan fingerprint density at radius 3 is 2.21 bits per heavy atom. The second-order valence-electron chi connectivity index (χ2n) is 8.21. The summed E-state index contributed by atoms with van der Waals surface area (Å²) in [4.78, 5) is 27.7. The van der Waals surface area contributed by atoms with E-state index in [4.69, 9.17) is 11.6 Å². The van der Waals surface area contributed by atoms with Gasteiger partial charge < -0.3 is 10.2 Å². The highest BCUT2D eigenvalue weighted by Gasteiger charge is 2.30. The maximum absolute atomic E-state index is 13.5. The van der Waals surface area contributed by atoms with Crippen molar-refractivity contribution in [1.82, 2.24) is 10.2 Å². The van der Waals surface area contributed by atoms with E-state index in [1.54, 1.807) is 55.5 Å². The zero-order valence-corrected chi connectivity index (χ0v) is 21.3. The first-order valence-electron chi connectivity index (χ1n) is 10.8. The summed E-state index contributed by atoms with van der Waals surface area (Å²) in [5.41, 5.74) is 2.01. The minimum absolute atomic E-state index is 0.0581. The molecule has 33 heavy (non-hydrogen) atoms. The number of hydrogen-bond donors (Lipinski definition) is 1. The van der Waals surface area contributed by atoms with Crippen LogP contribution in [0, 0.1) is 6.92 Å².